The van der Waals surface area contributed by atoms with Crippen LogP contribution >= 0.6 is 11.3 Å². The molecule has 1 N–H and O–H groups in total. The van der Waals surface area contributed by atoms with Gasteiger partial charge in [-0.05, 0) is 13.3 Å². The van der Waals surface area contributed by atoms with Crippen molar-refractivity contribution >= 4 is 11.3 Å². The van der Waals surface area contributed by atoms with E-state index in [-0.39, 0.29) is 5.56 Å². The summed E-state index contributed by atoms with van der Waals surface area (Å²) in [5.74, 6) is 0. The fourth-order valence-corrected chi connectivity index (χ4v) is 2.06. The van der Waals surface area contributed by atoms with Crippen LogP contribution in [0.5, 0.6) is 0 Å². The van der Waals surface area contributed by atoms with Crippen LogP contribution in [0, 0.1) is 6.92 Å². The Labute approximate surface area is 85.2 Å². The normalized spacial score (nSPS) is 10.7. The summed E-state index contributed by atoms with van der Waals surface area (Å²) >= 11 is 1.44. The van der Waals surface area contributed by atoms with Crippen molar-refractivity contribution in [3.8, 4) is 5.13 Å². The Bertz CT molecular complexity index is 481. The molecular weight excluding hydrogens is 198 g/mol. The molecule has 0 aliphatic heterocycles. The molecule has 2 heterocycles. The Morgan fingerprint density at radius 2 is 2.43 bits per heavy atom. The zero-order valence-electron chi connectivity index (χ0n) is 8.07. The van der Waals surface area contributed by atoms with E-state index in [2.05, 4.69) is 10.1 Å². The molecule has 0 saturated carbocycles. The lowest BCUT2D eigenvalue weighted by Crippen LogP contribution is -2.16. The maximum absolute atomic E-state index is 11.8. The van der Waals surface area contributed by atoms with E-state index in [1.807, 2.05) is 19.2 Å². The Morgan fingerprint density at radius 1 is 1.64 bits per heavy atom. The van der Waals surface area contributed by atoms with E-state index in [1.165, 1.54) is 16.0 Å². The Morgan fingerprint density at radius 3 is 2.93 bits per heavy atom. The smallest absolute Gasteiger partial charge is 0.276 e. The number of rotatable bonds is 2. The van der Waals surface area contributed by atoms with E-state index in [9.17, 15) is 4.79 Å². The van der Waals surface area contributed by atoms with Crippen LogP contribution in [0.25, 0.3) is 5.13 Å². The molecule has 0 unspecified atom stereocenters. The summed E-state index contributed by atoms with van der Waals surface area (Å²) in [5.41, 5.74) is 1.77. The van der Waals surface area contributed by atoms with Crippen LogP contribution in [-0.4, -0.2) is 14.8 Å². The highest BCUT2D eigenvalue weighted by molar-refractivity contribution is 7.12. The highest BCUT2D eigenvalue weighted by Gasteiger charge is 2.11. The van der Waals surface area contributed by atoms with E-state index >= 15 is 0 Å². The number of hydrogen-bond acceptors (Lipinski definition) is 3. The molecule has 0 aliphatic carbocycles. The van der Waals surface area contributed by atoms with E-state index in [1.54, 1.807) is 6.20 Å². The van der Waals surface area contributed by atoms with Gasteiger partial charge in [-0.25, -0.2) is 4.98 Å². The van der Waals surface area contributed by atoms with Crippen molar-refractivity contribution in [1.82, 2.24) is 14.8 Å². The van der Waals surface area contributed by atoms with Gasteiger partial charge in [-0.15, -0.1) is 11.3 Å². The lowest BCUT2D eigenvalue weighted by Gasteiger charge is -1.92. The van der Waals surface area contributed by atoms with Gasteiger partial charge in [-0.3, -0.25) is 9.89 Å². The quantitative estimate of drug-likeness (QED) is 0.814. The molecule has 14 heavy (non-hydrogen) atoms. The summed E-state index contributed by atoms with van der Waals surface area (Å²) in [6.07, 6.45) is 2.44. The van der Waals surface area contributed by atoms with E-state index < -0.39 is 0 Å². The third-order valence-corrected chi connectivity index (χ3v) is 2.91. The SMILES string of the molecule is CCc1c(C)[nH]n(-c2nccs2)c1=O. The topological polar surface area (TPSA) is 50.7 Å². The number of aromatic nitrogens is 3. The predicted octanol–water partition coefficient (Wildman–Crippen LogP) is 1.49. The molecule has 2 aromatic heterocycles. The van der Waals surface area contributed by atoms with Crippen molar-refractivity contribution < 1.29 is 0 Å². The van der Waals surface area contributed by atoms with Crippen LogP contribution in [0.4, 0.5) is 0 Å². The van der Waals surface area contributed by atoms with Crippen molar-refractivity contribution in [3.63, 3.8) is 0 Å². The van der Waals surface area contributed by atoms with Gasteiger partial charge in [0, 0.05) is 22.8 Å². The maximum atomic E-state index is 11.8. The molecule has 0 amide bonds. The first-order valence-corrected chi connectivity index (χ1v) is 5.32. The number of aryl methyl sites for hydroxylation is 1. The van der Waals surface area contributed by atoms with Crippen LogP contribution < -0.4 is 5.56 Å². The van der Waals surface area contributed by atoms with Gasteiger partial charge in [0.05, 0.1) is 0 Å². The number of thiazole rings is 1. The van der Waals surface area contributed by atoms with Crippen molar-refractivity contribution in [2.24, 2.45) is 0 Å². The summed E-state index contributed by atoms with van der Waals surface area (Å²) in [7, 11) is 0. The highest BCUT2D eigenvalue weighted by atomic mass is 32.1. The molecule has 0 radical (unpaired) electrons. The molecule has 74 valence electrons. The maximum Gasteiger partial charge on any atom is 0.276 e. The minimum absolute atomic E-state index is 0.0138. The highest BCUT2D eigenvalue weighted by Crippen LogP contribution is 2.09. The van der Waals surface area contributed by atoms with Crippen molar-refractivity contribution in [2.75, 3.05) is 0 Å². The molecule has 0 atom stereocenters. The molecule has 4 nitrogen and oxygen atoms in total. The number of nitrogens with one attached hydrogen (secondary N) is 1. The molecule has 2 rings (SSSR count). The van der Waals surface area contributed by atoms with Crippen LogP contribution in [0.15, 0.2) is 16.4 Å². The Kier molecular flexibility index (Phi) is 2.25. The third kappa shape index (κ3) is 1.29. The van der Waals surface area contributed by atoms with Gasteiger partial charge in [0.2, 0.25) is 5.13 Å². The van der Waals surface area contributed by atoms with Gasteiger partial charge < -0.3 is 0 Å². The molecule has 0 fully saturated rings. The monoisotopic (exact) mass is 209 g/mol. The van der Waals surface area contributed by atoms with Gasteiger partial charge in [0.15, 0.2) is 0 Å². The Hall–Kier alpha value is -1.36. The van der Waals surface area contributed by atoms with Gasteiger partial charge in [0.25, 0.3) is 5.56 Å². The van der Waals surface area contributed by atoms with Gasteiger partial charge in [0.1, 0.15) is 0 Å². The second-order valence-corrected chi connectivity index (χ2v) is 3.90. The molecule has 0 saturated heterocycles. The van der Waals surface area contributed by atoms with Gasteiger partial charge in [-0.1, -0.05) is 6.92 Å². The third-order valence-electron chi connectivity index (χ3n) is 2.16. The second-order valence-electron chi connectivity index (χ2n) is 3.02. The summed E-state index contributed by atoms with van der Waals surface area (Å²) in [4.78, 5) is 15.9. The Balaban J connectivity index is 2.62. The zero-order chi connectivity index (χ0) is 10.1. The summed E-state index contributed by atoms with van der Waals surface area (Å²) in [6.45, 7) is 3.88. The first-order chi connectivity index (χ1) is 6.74. The van der Waals surface area contributed by atoms with Crippen LogP contribution in [-0.2, 0) is 6.42 Å². The minimum atomic E-state index is 0.0138. The van der Waals surface area contributed by atoms with E-state index in [4.69, 9.17) is 0 Å². The fraction of sp³-hybridized carbons (Fsp3) is 0.333. The van der Waals surface area contributed by atoms with Crippen molar-refractivity contribution in [1.29, 1.82) is 0 Å². The first-order valence-electron chi connectivity index (χ1n) is 4.44. The largest absolute Gasteiger partial charge is 0.293 e. The van der Waals surface area contributed by atoms with E-state index in [0.717, 1.165) is 17.7 Å². The summed E-state index contributed by atoms with van der Waals surface area (Å²) in [6, 6.07) is 0. The fourth-order valence-electron chi connectivity index (χ4n) is 1.46. The molecular formula is C9H11N3OS. The number of hydrogen-bond donors (Lipinski definition) is 1. The standard InChI is InChI=1S/C9H11N3OS/c1-3-7-6(2)11-12(8(7)13)9-10-4-5-14-9/h4-5,11H,3H2,1-2H3. The minimum Gasteiger partial charge on any atom is -0.293 e. The lowest BCUT2D eigenvalue weighted by atomic mass is 10.2. The zero-order valence-corrected chi connectivity index (χ0v) is 8.89. The summed E-state index contributed by atoms with van der Waals surface area (Å²) < 4.78 is 1.50. The molecule has 2 aromatic rings. The van der Waals surface area contributed by atoms with E-state index in [0.29, 0.717) is 5.13 Å². The molecule has 5 heteroatoms. The van der Waals surface area contributed by atoms with Crippen LogP contribution in [0.3, 0.4) is 0 Å². The van der Waals surface area contributed by atoms with Crippen LogP contribution in [0.2, 0.25) is 0 Å². The van der Waals surface area contributed by atoms with Crippen molar-refractivity contribution in [3.05, 3.63) is 33.2 Å². The number of aromatic amines is 1. The molecule has 0 aliphatic rings. The van der Waals surface area contributed by atoms with Gasteiger partial charge >= 0.3 is 0 Å². The molecule has 0 bridgehead atoms. The first kappa shape index (κ1) is 9.21. The van der Waals surface area contributed by atoms with Gasteiger partial charge in [-0.2, -0.15) is 4.68 Å². The molecule has 0 spiro atoms. The summed E-state index contributed by atoms with van der Waals surface area (Å²) in [5, 5.41) is 5.56. The number of nitrogens with zero attached hydrogens (tertiary/aromatic N) is 2. The lowest BCUT2D eigenvalue weighted by molar-refractivity contribution is 0.825. The number of H-pyrrole nitrogens is 1. The second kappa shape index (κ2) is 3.42. The predicted molar refractivity (Wildman–Crippen MR) is 56.2 cm³/mol. The van der Waals surface area contributed by atoms with Crippen LogP contribution in [0.1, 0.15) is 18.2 Å². The van der Waals surface area contributed by atoms with Crippen molar-refractivity contribution in [2.45, 2.75) is 20.3 Å². The molecule has 0 aromatic carbocycles. The average molecular weight is 209 g/mol. The average Bonchev–Trinajstić information content (AvgIpc) is 2.74.